The first kappa shape index (κ1) is 23.3. The Kier molecular flexibility index (Phi) is 6.45. The minimum absolute atomic E-state index is 0.0472. The molecule has 1 aliphatic carbocycles. The van der Waals surface area contributed by atoms with Gasteiger partial charge in [-0.3, -0.25) is 24.6 Å². The van der Waals surface area contributed by atoms with E-state index in [2.05, 4.69) is 12.2 Å². The maximum atomic E-state index is 13.3. The number of para-hydroxylation sites is 1. The predicted octanol–water partition coefficient (Wildman–Crippen LogP) is 3.84. The number of piperidine rings is 1. The summed E-state index contributed by atoms with van der Waals surface area (Å²) in [6, 6.07) is 7.07. The molecule has 8 heteroatoms. The van der Waals surface area contributed by atoms with Crippen LogP contribution in [0.1, 0.15) is 63.9 Å². The molecular formula is C27H32N4O4. The van der Waals surface area contributed by atoms with E-state index in [0.29, 0.717) is 5.56 Å². The van der Waals surface area contributed by atoms with Gasteiger partial charge in [0.2, 0.25) is 5.91 Å². The van der Waals surface area contributed by atoms with E-state index in [0.717, 1.165) is 68.8 Å². The normalized spacial score (nSPS) is 23.3. The molecule has 0 spiro atoms. The number of nitrogens with one attached hydrogen (secondary N) is 1. The highest BCUT2D eigenvalue weighted by Gasteiger charge is 2.40. The topological polar surface area (TPSA) is 91.7 Å². The third-order valence-electron chi connectivity index (χ3n) is 7.62. The minimum atomic E-state index is -0.679. The summed E-state index contributed by atoms with van der Waals surface area (Å²) in [5.74, 6) is -1.15. The van der Waals surface area contributed by atoms with Crippen molar-refractivity contribution in [3.63, 3.8) is 0 Å². The van der Waals surface area contributed by atoms with E-state index in [1.807, 2.05) is 39.9 Å². The molecule has 0 unspecified atom stereocenters. The number of benzene rings is 1. The molecule has 1 N–H and O–H groups in total. The van der Waals surface area contributed by atoms with E-state index in [1.165, 1.54) is 4.90 Å². The highest BCUT2D eigenvalue weighted by atomic mass is 16.2. The van der Waals surface area contributed by atoms with Crippen LogP contribution in [0.2, 0.25) is 0 Å². The quantitative estimate of drug-likeness (QED) is 0.536. The van der Waals surface area contributed by atoms with Crippen molar-refractivity contribution in [3.8, 4) is 0 Å². The zero-order chi connectivity index (χ0) is 24.5. The number of nitrogens with zero attached hydrogens (tertiary/aromatic N) is 3. The first-order chi connectivity index (χ1) is 16.9. The summed E-state index contributed by atoms with van der Waals surface area (Å²) >= 11 is 0. The van der Waals surface area contributed by atoms with Gasteiger partial charge in [0.25, 0.3) is 11.8 Å². The van der Waals surface area contributed by atoms with Gasteiger partial charge in [0, 0.05) is 41.3 Å². The number of urea groups is 1. The third-order valence-corrected chi connectivity index (χ3v) is 7.62. The summed E-state index contributed by atoms with van der Waals surface area (Å²) in [6.07, 6.45) is 11.1. The van der Waals surface area contributed by atoms with E-state index >= 15 is 0 Å². The number of imide groups is 2. The molecule has 8 nitrogen and oxygen atoms in total. The van der Waals surface area contributed by atoms with Gasteiger partial charge < -0.3 is 9.47 Å². The molecule has 3 heterocycles. The van der Waals surface area contributed by atoms with Crippen LogP contribution in [0.3, 0.4) is 0 Å². The van der Waals surface area contributed by atoms with Gasteiger partial charge in [0.05, 0.1) is 0 Å². The minimum Gasteiger partial charge on any atom is -0.338 e. The van der Waals surface area contributed by atoms with Crippen LogP contribution in [-0.4, -0.2) is 56.7 Å². The van der Waals surface area contributed by atoms with Gasteiger partial charge in [-0.15, -0.1) is 0 Å². The van der Waals surface area contributed by atoms with Gasteiger partial charge in [-0.1, -0.05) is 37.5 Å². The maximum absolute atomic E-state index is 13.3. The van der Waals surface area contributed by atoms with Crippen LogP contribution in [0.25, 0.3) is 17.0 Å². The summed E-state index contributed by atoms with van der Waals surface area (Å²) in [7, 11) is 0. The molecule has 5 amide bonds. The van der Waals surface area contributed by atoms with Gasteiger partial charge >= 0.3 is 6.03 Å². The Morgan fingerprint density at radius 3 is 2.54 bits per heavy atom. The molecule has 0 radical (unpaired) electrons. The lowest BCUT2D eigenvalue weighted by Crippen LogP contribution is -2.58. The molecule has 1 atom stereocenters. The highest BCUT2D eigenvalue weighted by molar-refractivity contribution is 6.31. The van der Waals surface area contributed by atoms with Crippen LogP contribution < -0.4 is 5.32 Å². The molecule has 35 heavy (non-hydrogen) atoms. The summed E-state index contributed by atoms with van der Waals surface area (Å²) in [4.78, 5) is 54.8. The molecular weight excluding hydrogens is 444 g/mol. The number of fused-ring (bicyclic) bond motifs is 1. The molecule has 5 rings (SSSR count). The molecule has 2 aromatic rings. The number of carbonyl (C=O) groups excluding carboxylic acids is 4. The van der Waals surface area contributed by atoms with Crippen LogP contribution in [0.15, 0.2) is 36.0 Å². The highest BCUT2D eigenvalue weighted by Crippen LogP contribution is 2.29. The Labute approximate surface area is 204 Å². The second-order valence-corrected chi connectivity index (χ2v) is 9.95. The summed E-state index contributed by atoms with van der Waals surface area (Å²) in [5.41, 5.74) is 1.49. The summed E-state index contributed by atoms with van der Waals surface area (Å²) in [5, 5.41) is 3.20. The lowest BCUT2D eigenvalue weighted by Gasteiger charge is -2.35. The number of barbiturate groups is 1. The molecule has 2 aliphatic heterocycles. The van der Waals surface area contributed by atoms with E-state index in [-0.39, 0.29) is 30.1 Å². The smallest absolute Gasteiger partial charge is 0.331 e. The Bertz CT molecular complexity index is 1210. The maximum Gasteiger partial charge on any atom is 0.331 e. The van der Waals surface area contributed by atoms with Crippen LogP contribution in [0.5, 0.6) is 0 Å². The van der Waals surface area contributed by atoms with Crippen molar-refractivity contribution >= 4 is 40.7 Å². The fraction of sp³-hybridized carbons (Fsp3) is 0.481. The molecule has 1 saturated carbocycles. The molecule has 2 saturated heterocycles. The number of aromatic nitrogens is 1. The molecule has 1 aromatic carbocycles. The van der Waals surface area contributed by atoms with E-state index in [9.17, 15) is 19.2 Å². The standard InChI is InChI=1S/C27H32N4O4/c1-18-9-7-8-14-30(18)24(32)17-29-16-19(21-12-5-6-13-23(21)29)15-22-25(33)28-27(35)31(26(22)34)20-10-3-2-4-11-20/h5-6,12-13,15-16,18,20H,2-4,7-11,14,17H2,1H3,(H,28,33,35)/b22-15+/t18-/m1/s1. The Morgan fingerprint density at radius 1 is 1.03 bits per heavy atom. The monoisotopic (exact) mass is 476 g/mol. The van der Waals surface area contributed by atoms with Crippen molar-refractivity contribution in [2.24, 2.45) is 0 Å². The molecule has 184 valence electrons. The number of hydrogen-bond acceptors (Lipinski definition) is 4. The lowest BCUT2D eigenvalue weighted by atomic mass is 9.93. The van der Waals surface area contributed by atoms with Gasteiger partial charge in [-0.05, 0) is 51.2 Å². The molecule has 3 fully saturated rings. The summed E-state index contributed by atoms with van der Waals surface area (Å²) in [6.45, 7) is 3.06. The van der Waals surface area contributed by atoms with Gasteiger partial charge in [0.15, 0.2) is 0 Å². The lowest BCUT2D eigenvalue weighted by molar-refractivity contribution is -0.135. The first-order valence-electron chi connectivity index (χ1n) is 12.7. The largest absolute Gasteiger partial charge is 0.338 e. The van der Waals surface area contributed by atoms with E-state index in [4.69, 9.17) is 0 Å². The zero-order valence-corrected chi connectivity index (χ0v) is 20.2. The molecule has 0 bridgehead atoms. The number of carbonyl (C=O) groups is 4. The van der Waals surface area contributed by atoms with Gasteiger partial charge in [-0.2, -0.15) is 0 Å². The fourth-order valence-electron chi connectivity index (χ4n) is 5.72. The Morgan fingerprint density at radius 2 is 1.77 bits per heavy atom. The van der Waals surface area contributed by atoms with Crippen molar-refractivity contribution in [2.75, 3.05) is 6.54 Å². The van der Waals surface area contributed by atoms with Crippen LogP contribution in [0, 0.1) is 0 Å². The van der Waals surface area contributed by atoms with E-state index < -0.39 is 17.8 Å². The zero-order valence-electron chi connectivity index (χ0n) is 20.2. The van der Waals surface area contributed by atoms with Crippen molar-refractivity contribution in [1.29, 1.82) is 0 Å². The van der Waals surface area contributed by atoms with E-state index in [1.54, 1.807) is 6.08 Å². The number of likely N-dealkylation sites (tertiary alicyclic amines) is 1. The SMILES string of the molecule is C[C@@H]1CCCCN1C(=O)Cn1cc(/C=C2\C(=O)NC(=O)N(C3CCCCC3)C2=O)c2ccccc21. The Balaban J connectivity index is 1.47. The number of rotatable bonds is 4. The molecule has 1 aromatic heterocycles. The second-order valence-electron chi connectivity index (χ2n) is 9.95. The van der Waals surface area contributed by atoms with Crippen LogP contribution in [0.4, 0.5) is 4.79 Å². The van der Waals surface area contributed by atoms with Crippen LogP contribution >= 0.6 is 0 Å². The number of hydrogen-bond donors (Lipinski definition) is 1. The summed E-state index contributed by atoms with van der Waals surface area (Å²) < 4.78 is 1.89. The van der Waals surface area contributed by atoms with Gasteiger partial charge in [-0.25, -0.2) is 4.79 Å². The fourth-order valence-corrected chi connectivity index (χ4v) is 5.72. The average molecular weight is 477 g/mol. The van der Waals surface area contributed by atoms with Crippen molar-refractivity contribution in [2.45, 2.75) is 76.9 Å². The molecule has 3 aliphatic rings. The predicted molar refractivity (Wildman–Crippen MR) is 132 cm³/mol. The van der Waals surface area contributed by atoms with Gasteiger partial charge in [0.1, 0.15) is 12.1 Å². The Hall–Kier alpha value is -3.42. The third kappa shape index (κ3) is 4.49. The van der Waals surface area contributed by atoms with Crippen molar-refractivity contribution in [3.05, 3.63) is 41.6 Å². The van der Waals surface area contributed by atoms with Crippen molar-refractivity contribution < 1.29 is 19.2 Å². The van der Waals surface area contributed by atoms with Crippen LogP contribution in [-0.2, 0) is 20.9 Å². The average Bonchev–Trinajstić information content (AvgIpc) is 3.19. The van der Waals surface area contributed by atoms with Crippen molar-refractivity contribution in [1.82, 2.24) is 19.7 Å². The number of amides is 5. The second kappa shape index (κ2) is 9.68. The first-order valence-corrected chi connectivity index (χ1v) is 12.7.